The minimum Gasteiger partial charge on any atom is -0.387 e. The Labute approximate surface area is 84.2 Å². The molecule has 2 atom stereocenters. The lowest BCUT2D eigenvalue weighted by molar-refractivity contribution is 0.134. The molecule has 2 nitrogen and oxygen atoms in total. The van der Waals surface area contributed by atoms with Crippen LogP contribution in [0.2, 0.25) is 0 Å². The fourth-order valence-electron chi connectivity index (χ4n) is 1.76. The van der Waals surface area contributed by atoms with Crippen LogP contribution in [0.15, 0.2) is 24.3 Å². The lowest BCUT2D eigenvalue weighted by atomic mass is 9.86. The van der Waals surface area contributed by atoms with Crippen LogP contribution in [0.4, 0.5) is 0 Å². The largest absolute Gasteiger partial charge is 0.387 e. The summed E-state index contributed by atoms with van der Waals surface area (Å²) < 4.78 is 0. The number of aliphatic hydroxyl groups is 1. The molecular formula is C10H14ClNO. The molecular weight excluding hydrogens is 186 g/mol. The molecule has 0 radical (unpaired) electrons. The molecule has 13 heavy (non-hydrogen) atoms. The molecule has 0 aromatic heterocycles. The maximum atomic E-state index is 9.70. The summed E-state index contributed by atoms with van der Waals surface area (Å²) in [5.41, 5.74) is 8.00. The lowest BCUT2D eigenvalue weighted by Crippen LogP contribution is -2.32. The van der Waals surface area contributed by atoms with Crippen LogP contribution in [0.25, 0.3) is 0 Å². The SMILES string of the molecule is Cl.N[C@@H]1CCc2ccccc2[C@H]1O. The monoisotopic (exact) mass is 199 g/mol. The summed E-state index contributed by atoms with van der Waals surface area (Å²) in [5, 5.41) is 9.70. The normalized spacial score (nSPS) is 26.0. The van der Waals surface area contributed by atoms with Gasteiger partial charge in [-0.05, 0) is 24.0 Å². The summed E-state index contributed by atoms with van der Waals surface area (Å²) in [4.78, 5) is 0. The minimum atomic E-state index is -0.463. The molecule has 1 aromatic rings. The predicted molar refractivity (Wildman–Crippen MR) is 54.9 cm³/mol. The van der Waals surface area contributed by atoms with Crippen LogP contribution in [0, 0.1) is 0 Å². The molecule has 2 rings (SSSR count). The van der Waals surface area contributed by atoms with Gasteiger partial charge in [-0.3, -0.25) is 0 Å². The van der Waals surface area contributed by atoms with Crippen LogP contribution in [0.5, 0.6) is 0 Å². The number of halogens is 1. The maximum absolute atomic E-state index is 9.70. The second-order valence-corrected chi connectivity index (χ2v) is 3.35. The third-order valence-corrected chi connectivity index (χ3v) is 2.53. The first kappa shape index (κ1) is 10.5. The van der Waals surface area contributed by atoms with E-state index < -0.39 is 6.10 Å². The summed E-state index contributed by atoms with van der Waals surface area (Å²) in [6, 6.07) is 7.88. The van der Waals surface area contributed by atoms with Crippen molar-refractivity contribution in [1.82, 2.24) is 0 Å². The second kappa shape index (κ2) is 4.09. The average Bonchev–Trinajstić information content (AvgIpc) is 2.12. The van der Waals surface area contributed by atoms with E-state index in [0.717, 1.165) is 18.4 Å². The van der Waals surface area contributed by atoms with Crippen LogP contribution < -0.4 is 5.73 Å². The summed E-state index contributed by atoms with van der Waals surface area (Å²) in [6.07, 6.45) is 1.42. The molecule has 0 unspecified atom stereocenters. The number of hydrogen-bond acceptors (Lipinski definition) is 2. The maximum Gasteiger partial charge on any atom is 0.0943 e. The second-order valence-electron chi connectivity index (χ2n) is 3.35. The van der Waals surface area contributed by atoms with Crippen molar-refractivity contribution in [1.29, 1.82) is 0 Å². The van der Waals surface area contributed by atoms with Crippen molar-refractivity contribution in [3.63, 3.8) is 0 Å². The average molecular weight is 200 g/mol. The molecule has 1 aliphatic carbocycles. The van der Waals surface area contributed by atoms with E-state index in [1.54, 1.807) is 0 Å². The van der Waals surface area contributed by atoms with Gasteiger partial charge >= 0.3 is 0 Å². The Bertz CT molecular complexity index is 290. The zero-order chi connectivity index (χ0) is 8.55. The van der Waals surface area contributed by atoms with Crippen molar-refractivity contribution < 1.29 is 5.11 Å². The highest BCUT2D eigenvalue weighted by atomic mass is 35.5. The van der Waals surface area contributed by atoms with Gasteiger partial charge in [-0.25, -0.2) is 0 Å². The van der Waals surface area contributed by atoms with Crippen LogP contribution in [-0.2, 0) is 6.42 Å². The van der Waals surface area contributed by atoms with Gasteiger partial charge in [-0.15, -0.1) is 12.4 Å². The molecule has 0 fully saturated rings. The van der Waals surface area contributed by atoms with Gasteiger partial charge < -0.3 is 10.8 Å². The smallest absolute Gasteiger partial charge is 0.0943 e. The first-order chi connectivity index (χ1) is 5.79. The van der Waals surface area contributed by atoms with E-state index in [9.17, 15) is 5.11 Å². The van der Waals surface area contributed by atoms with E-state index in [0.29, 0.717) is 0 Å². The van der Waals surface area contributed by atoms with Gasteiger partial charge in [0.05, 0.1) is 6.10 Å². The summed E-state index contributed by atoms with van der Waals surface area (Å²) >= 11 is 0. The predicted octanol–water partition coefficient (Wildman–Crippen LogP) is 1.42. The van der Waals surface area contributed by atoms with Gasteiger partial charge in [0.1, 0.15) is 0 Å². The lowest BCUT2D eigenvalue weighted by Gasteiger charge is -2.26. The molecule has 1 aliphatic rings. The standard InChI is InChI=1S/C10H13NO.ClH/c11-9-6-5-7-3-1-2-4-8(7)10(9)12;/h1-4,9-10,12H,5-6,11H2;1H/t9-,10-;/m1./s1. The van der Waals surface area contributed by atoms with Crippen molar-refractivity contribution >= 4 is 12.4 Å². The number of hydrogen-bond donors (Lipinski definition) is 2. The van der Waals surface area contributed by atoms with Crippen molar-refractivity contribution in [2.75, 3.05) is 0 Å². The van der Waals surface area contributed by atoms with Crippen LogP contribution in [0.3, 0.4) is 0 Å². The van der Waals surface area contributed by atoms with Crippen molar-refractivity contribution in [3.05, 3.63) is 35.4 Å². The highest BCUT2D eigenvalue weighted by Gasteiger charge is 2.23. The van der Waals surface area contributed by atoms with E-state index in [1.807, 2.05) is 18.2 Å². The molecule has 0 amide bonds. The van der Waals surface area contributed by atoms with Gasteiger partial charge in [0, 0.05) is 6.04 Å². The third-order valence-electron chi connectivity index (χ3n) is 2.53. The number of nitrogens with two attached hydrogens (primary N) is 1. The number of benzene rings is 1. The summed E-state index contributed by atoms with van der Waals surface area (Å²) in [5.74, 6) is 0. The first-order valence-corrected chi connectivity index (χ1v) is 4.30. The van der Waals surface area contributed by atoms with Crippen molar-refractivity contribution in [2.24, 2.45) is 5.73 Å². The zero-order valence-electron chi connectivity index (χ0n) is 7.31. The van der Waals surface area contributed by atoms with Crippen LogP contribution >= 0.6 is 12.4 Å². The number of fused-ring (bicyclic) bond motifs is 1. The van der Waals surface area contributed by atoms with Crippen molar-refractivity contribution in [3.8, 4) is 0 Å². The van der Waals surface area contributed by atoms with Gasteiger partial charge in [0.25, 0.3) is 0 Å². The quantitative estimate of drug-likeness (QED) is 0.664. The topological polar surface area (TPSA) is 46.2 Å². The van der Waals surface area contributed by atoms with Crippen molar-refractivity contribution in [2.45, 2.75) is 25.0 Å². The molecule has 0 saturated heterocycles. The molecule has 0 spiro atoms. The fraction of sp³-hybridized carbons (Fsp3) is 0.400. The fourth-order valence-corrected chi connectivity index (χ4v) is 1.76. The molecule has 0 heterocycles. The first-order valence-electron chi connectivity index (χ1n) is 4.30. The molecule has 1 aromatic carbocycles. The number of aliphatic hydroxyl groups excluding tert-OH is 1. The van der Waals surface area contributed by atoms with E-state index in [4.69, 9.17) is 5.73 Å². The highest BCUT2D eigenvalue weighted by Crippen LogP contribution is 2.28. The number of aryl methyl sites for hydroxylation is 1. The molecule has 72 valence electrons. The minimum absolute atomic E-state index is 0. The Morgan fingerprint density at radius 3 is 2.77 bits per heavy atom. The molecule has 0 aliphatic heterocycles. The van der Waals surface area contributed by atoms with E-state index in [1.165, 1.54) is 5.56 Å². The van der Waals surface area contributed by atoms with Gasteiger partial charge in [0.15, 0.2) is 0 Å². The van der Waals surface area contributed by atoms with Gasteiger partial charge in [-0.2, -0.15) is 0 Å². The van der Waals surface area contributed by atoms with E-state index >= 15 is 0 Å². The molecule has 0 saturated carbocycles. The summed E-state index contributed by atoms with van der Waals surface area (Å²) in [6.45, 7) is 0. The van der Waals surface area contributed by atoms with Crippen LogP contribution in [0.1, 0.15) is 23.7 Å². The van der Waals surface area contributed by atoms with Gasteiger partial charge in [0.2, 0.25) is 0 Å². The third kappa shape index (κ3) is 1.85. The van der Waals surface area contributed by atoms with Gasteiger partial charge in [-0.1, -0.05) is 24.3 Å². The Morgan fingerprint density at radius 2 is 2.00 bits per heavy atom. The Hall–Kier alpha value is -0.570. The van der Waals surface area contributed by atoms with Crippen LogP contribution in [-0.4, -0.2) is 11.1 Å². The Kier molecular flexibility index (Phi) is 3.31. The summed E-state index contributed by atoms with van der Waals surface area (Å²) in [7, 11) is 0. The number of rotatable bonds is 0. The highest BCUT2D eigenvalue weighted by molar-refractivity contribution is 5.85. The molecule has 3 heteroatoms. The Balaban J connectivity index is 0.000000845. The zero-order valence-corrected chi connectivity index (χ0v) is 8.13. The molecule has 0 bridgehead atoms. The molecule has 3 N–H and O–H groups in total. The van der Waals surface area contributed by atoms with E-state index in [2.05, 4.69) is 6.07 Å². The Morgan fingerprint density at radius 1 is 1.31 bits per heavy atom. The van der Waals surface area contributed by atoms with E-state index in [-0.39, 0.29) is 18.4 Å².